The van der Waals surface area contributed by atoms with Crippen molar-refractivity contribution in [2.75, 3.05) is 0 Å². The summed E-state index contributed by atoms with van der Waals surface area (Å²) >= 11 is 7.96. The Morgan fingerprint density at radius 1 is 1.16 bits per heavy atom. The van der Waals surface area contributed by atoms with Crippen molar-refractivity contribution in [3.05, 3.63) is 105 Å². The van der Waals surface area contributed by atoms with Gasteiger partial charge in [0.05, 0.1) is 23.2 Å². The lowest BCUT2D eigenvalue weighted by atomic mass is 10.1. The Balaban J connectivity index is 1.44. The van der Waals surface area contributed by atoms with Gasteiger partial charge in [-0.15, -0.1) is 11.3 Å². The summed E-state index contributed by atoms with van der Waals surface area (Å²) in [5.41, 5.74) is 4.85. The average Bonchev–Trinajstić information content (AvgIpc) is 3.42. The molecule has 3 aromatic heterocycles. The topological polar surface area (TPSA) is 63.6 Å². The maximum absolute atomic E-state index is 12.9. The number of aryl methyl sites for hydroxylation is 1. The van der Waals surface area contributed by atoms with E-state index in [1.165, 1.54) is 16.9 Å². The molecule has 0 amide bonds. The first-order valence-corrected chi connectivity index (χ1v) is 11.3. The van der Waals surface area contributed by atoms with Gasteiger partial charge in [0.1, 0.15) is 4.83 Å². The van der Waals surface area contributed by atoms with E-state index < -0.39 is 0 Å². The highest BCUT2D eigenvalue weighted by Gasteiger charge is 2.14. The Kier molecular flexibility index (Phi) is 5.47. The van der Waals surface area contributed by atoms with Crippen LogP contribution in [0, 0.1) is 6.92 Å². The van der Waals surface area contributed by atoms with Gasteiger partial charge in [0.25, 0.3) is 5.56 Å². The first-order chi connectivity index (χ1) is 15.6. The number of aromatic nitrogens is 4. The monoisotopic (exact) mass is 458 g/mol. The fourth-order valence-corrected chi connectivity index (χ4v) is 4.70. The highest BCUT2D eigenvalue weighted by atomic mass is 35.5. The molecule has 5 nitrogen and oxygen atoms in total. The molecule has 0 aliphatic rings. The van der Waals surface area contributed by atoms with Gasteiger partial charge >= 0.3 is 0 Å². The molecule has 0 saturated heterocycles. The van der Waals surface area contributed by atoms with Gasteiger partial charge in [0.15, 0.2) is 5.82 Å². The SMILES string of the molecule is Cc1ccc(-c2csc3nc(/C(Cl)=C/c4cnn(Cc5ccccc5)c4)[nH]c(=O)c23)cc1. The molecule has 3 heterocycles. The van der Waals surface area contributed by atoms with Crippen molar-refractivity contribution < 1.29 is 0 Å². The zero-order valence-corrected chi connectivity index (χ0v) is 18.8. The minimum Gasteiger partial charge on any atom is -0.305 e. The third-order valence-electron chi connectivity index (χ3n) is 5.17. The van der Waals surface area contributed by atoms with Gasteiger partial charge in [0, 0.05) is 22.7 Å². The van der Waals surface area contributed by atoms with Crippen molar-refractivity contribution in [2.45, 2.75) is 13.5 Å². The number of benzene rings is 2. The Morgan fingerprint density at radius 2 is 1.94 bits per heavy atom. The highest BCUT2D eigenvalue weighted by molar-refractivity contribution is 7.17. The molecule has 32 heavy (non-hydrogen) atoms. The van der Waals surface area contributed by atoms with E-state index in [0.29, 0.717) is 27.6 Å². The fraction of sp³-hybridized carbons (Fsp3) is 0.0800. The average molecular weight is 459 g/mol. The van der Waals surface area contributed by atoms with Gasteiger partial charge in [-0.1, -0.05) is 71.8 Å². The smallest absolute Gasteiger partial charge is 0.260 e. The van der Waals surface area contributed by atoms with Crippen LogP contribution >= 0.6 is 22.9 Å². The summed E-state index contributed by atoms with van der Waals surface area (Å²) in [6, 6.07) is 18.2. The quantitative estimate of drug-likeness (QED) is 0.354. The molecule has 0 fully saturated rings. The number of aromatic amines is 1. The summed E-state index contributed by atoms with van der Waals surface area (Å²) in [5.74, 6) is 0.345. The van der Waals surface area contributed by atoms with Gasteiger partial charge in [0.2, 0.25) is 0 Å². The van der Waals surface area contributed by atoms with Crippen molar-refractivity contribution in [3.63, 3.8) is 0 Å². The number of thiophene rings is 1. The van der Waals surface area contributed by atoms with E-state index in [9.17, 15) is 4.79 Å². The Labute approximate surface area is 193 Å². The third kappa shape index (κ3) is 4.15. The Hall–Kier alpha value is -3.48. The molecule has 2 aromatic carbocycles. The highest BCUT2D eigenvalue weighted by Crippen LogP contribution is 2.31. The van der Waals surface area contributed by atoms with Crippen LogP contribution in [0.2, 0.25) is 0 Å². The summed E-state index contributed by atoms with van der Waals surface area (Å²) < 4.78 is 1.85. The van der Waals surface area contributed by atoms with Crippen molar-refractivity contribution in [1.82, 2.24) is 19.7 Å². The molecule has 0 saturated carbocycles. The number of nitrogens with one attached hydrogen (secondary N) is 1. The summed E-state index contributed by atoms with van der Waals surface area (Å²) in [5, 5.41) is 7.30. The van der Waals surface area contributed by atoms with Crippen LogP contribution < -0.4 is 5.56 Å². The number of H-pyrrole nitrogens is 1. The van der Waals surface area contributed by atoms with Crippen LogP contribution in [0.25, 0.3) is 32.5 Å². The lowest BCUT2D eigenvalue weighted by molar-refractivity contribution is 0.687. The minimum absolute atomic E-state index is 0.201. The lowest BCUT2D eigenvalue weighted by Gasteiger charge is -2.02. The van der Waals surface area contributed by atoms with Crippen LogP contribution in [0.4, 0.5) is 0 Å². The Morgan fingerprint density at radius 3 is 2.72 bits per heavy atom. The molecular weight excluding hydrogens is 440 g/mol. The van der Waals surface area contributed by atoms with Crippen molar-refractivity contribution in [2.24, 2.45) is 0 Å². The number of rotatable bonds is 5. The molecule has 158 valence electrons. The molecule has 5 rings (SSSR count). The Bertz CT molecular complexity index is 1480. The predicted molar refractivity (Wildman–Crippen MR) is 132 cm³/mol. The van der Waals surface area contributed by atoms with E-state index in [0.717, 1.165) is 22.3 Å². The number of nitrogens with zero attached hydrogens (tertiary/aromatic N) is 3. The number of halogens is 1. The van der Waals surface area contributed by atoms with E-state index in [2.05, 4.69) is 27.2 Å². The van der Waals surface area contributed by atoms with Gasteiger partial charge in [-0.05, 0) is 24.1 Å². The molecular formula is C25H19ClN4OS. The molecule has 0 unspecified atom stereocenters. The molecule has 0 bridgehead atoms. The van der Waals surface area contributed by atoms with E-state index in [-0.39, 0.29) is 5.56 Å². The standard InChI is InChI=1S/C25H19ClN4OS/c1-16-7-9-19(10-8-16)20-15-32-25-22(20)24(31)28-23(29-25)21(26)11-18-12-27-30(14-18)13-17-5-3-2-4-6-17/h2-12,14-15H,13H2,1H3,(H,28,29,31)/b21-11-. The molecule has 0 aliphatic heterocycles. The maximum Gasteiger partial charge on any atom is 0.260 e. The summed E-state index contributed by atoms with van der Waals surface area (Å²) in [6.45, 7) is 2.71. The van der Waals surface area contributed by atoms with E-state index in [1.54, 1.807) is 12.3 Å². The summed E-state index contributed by atoms with van der Waals surface area (Å²) in [4.78, 5) is 21.0. The maximum atomic E-state index is 12.9. The van der Waals surface area contributed by atoms with Crippen molar-refractivity contribution in [3.8, 4) is 11.1 Å². The van der Waals surface area contributed by atoms with Crippen molar-refractivity contribution in [1.29, 1.82) is 0 Å². The zero-order chi connectivity index (χ0) is 22.1. The zero-order valence-electron chi connectivity index (χ0n) is 17.2. The number of hydrogen-bond donors (Lipinski definition) is 1. The second-order valence-electron chi connectivity index (χ2n) is 7.56. The first kappa shape index (κ1) is 20.4. The number of fused-ring (bicyclic) bond motifs is 1. The first-order valence-electron chi connectivity index (χ1n) is 10.1. The minimum atomic E-state index is -0.201. The van der Waals surface area contributed by atoms with Crippen LogP contribution in [0.3, 0.4) is 0 Å². The van der Waals surface area contributed by atoms with Gasteiger partial charge < -0.3 is 4.98 Å². The second-order valence-corrected chi connectivity index (χ2v) is 8.82. The second kappa shape index (κ2) is 8.57. The molecule has 1 N–H and O–H groups in total. The van der Waals surface area contributed by atoms with E-state index >= 15 is 0 Å². The van der Waals surface area contributed by atoms with E-state index in [4.69, 9.17) is 11.6 Å². The molecule has 0 atom stereocenters. The molecule has 7 heteroatoms. The number of hydrogen-bond acceptors (Lipinski definition) is 4. The van der Waals surface area contributed by atoms with Crippen molar-refractivity contribution >= 4 is 44.3 Å². The normalized spacial score (nSPS) is 11.9. The lowest BCUT2D eigenvalue weighted by Crippen LogP contribution is -2.10. The van der Waals surface area contributed by atoms with Crippen LogP contribution in [0.5, 0.6) is 0 Å². The fourth-order valence-electron chi connectivity index (χ4n) is 3.53. The molecule has 0 aliphatic carbocycles. The van der Waals surface area contributed by atoms with E-state index in [1.807, 2.05) is 65.6 Å². The van der Waals surface area contributed by atoms with Crippen LogP contribution in [-0.2, 0) is 6.54 Å². The van der Waals surface area contributed by atoms with Gasteiger partial charge in [-0.3, -0.25) is 9.48 Å². The summed E-state index contributed by atoms with van der Waals surface area (Å²) in [6.07, 6.45) is 5.41. The van der Waals surface area contributed by atoms with Crippen LogP contribution in [0.15, 0.2) is 77.2 Å². The van der Waals surface area contributed by atoms with Gasteiger partial charge in [-0.25, -0.2) is 4.98 Å². The largest absolute Gasteiger partial charge is 0.305 e. The molecule has 0 radical (unpaired) electrons. The predicted octanol–water partition coefficient (Wildman–Crippen LogP) is 5.94. The van der Waals surface area contributed by atoms with Crippen LogP contribution in [0.1, 0.15) is 22.5 Å². The molecule has 0 spiro atoms. The molecule has 5 aromatic rings. The third-order valence-corrected chi connectivity index (χ3v) is 6.33. The van der Waals surface area contributed by atoms with Crippen LogP contribution in [-0.4, -0.2) is 19.7 Å². The summed E-state index contributed by atoms with van der Waals surface area (Å²) in [7, 11) is 0. The van der Waals surface area contributed by atoms with Gasteiger partial charge in [-0.2, -0.15) is 5.10 Å².